The van der Waals surface area contributed by atoms with E-state index in [0.717, 1.165) is 17.4 Å². The molecule has 0 bridgehead atoms. The molecule has 134 valence electrons. The van der Waals surface area contributed by atoms with Gasteiger partial charge in [0, 0.05) is 18.6 Å². The van der Waals surface area contributed by atoms with Crippen LogP contribution in [-0.4, -0.2) is 23.9 Å². The Morgan fingerprint density at radius 2 is 1.92 bits per heavy atom. The van der Waals surface area contributed by atoms with Gasteiger partial charge in [0.1, 0.15) is 22.9 Å². The van der Waals surface area contributed by atoms with Gasteiger partial charge in [-0.15, -0.1) is 0 Å². The molecule has 2 amide bonds. The van der Waals surface area contributed by atoms with E-state index in [2.05, 4.69) is 15.6 Å². The molecule has 9 heteroatoms. The Morgan fingerprint density at radius 1 is 1.15 bits per heavy atom. The van der Waals surface area contributed by atoms with E-state index in [4.69, 9.17) is 4.74 Å². The van der Waals surface area contributed by atoms with Crippen LogP contribution < -0.4 is 15.4 Å². The number of fused-ring (bicyclic) bond motifs is 1. The number of hydrogen-bond acceptors (Lipinski definition) is 5. The smallest absolute Gasteiger partial charge is 0.257 e. The van der Waals surface area contributed by atoms with Crippen LogP contribution in [0, 0.1) is 11.6 Å². The van der Waals surface area contributed by atoms with E-state index in [1.165, 1.54) is 38.3 Å². The number of ether oxygens (including phenoxy) is 1. The first-order valence-corrected chi connectivity index (χ1v) is 8.21. The van der Waals surface area contributed by atoms with Crippen molar-refractivity contribution in [3.05, 3.63) is 47.5 Å². The lowest BCUT2D eigenvalue weighted by atomic mass is 10.2. The molecule has 0 radical (unpaired) electrons. The second-order valence-corrected chi connectivity index (χ2v) is 6.33. The lowest BCUT2D eigenvalue weighted by Gasteiger charge is -2.07. The van der Waals surface area contributed by atoms with Crippen molar-refractivity contribution in [2.24, 2.45) is 0 Å². The van der Waals surface area contributed by atoms with Gasteiger partial charge in [-0.05, 0) is 24.3 Å². The predicted molar refractivity (Wildman–Crippen MR) is 94.8 cm³/mol. The summed E-state index contributed by atoms with van der Waals surface area (Å²) in [6, 6.07) is 6.07. The van der Waals surface area contributed by atoms with Crippen molar-refractivity contribution in [2.45, 2.75) is 6.92 Å². The van der Waals surface area contributed by atoms with Gasteiger partial charge in [0.2, 0.25) is 5.91 Å². The van der Waals surface area contributed by atoms with Gasteiger partial charge < -0.3 is 10.1 Å². The predicted octanol–water partition coefficient (Wildman–Crippen LogP) is 3.79. The molecule has 0 saturated carbocycles. The number of rotatable bonds is 4. The fourth-order valence-corrected chi connectivity index (χ4v) is 3.20. The monoisotopic (exact) mass is 377 g/mol. The first kappa shape index (κ1) is 17.7. The van der Waals surface area contributed by atoms with Crippen molar-refractivity contribution in [3.8, 4) is 5.75 Å². The Morgan fingerprint density at radius 3 is 2.62 bits per heavy atom. The number of thiazole rings is 1. The molecule has 1 aromatic heterocycles. The number of amides is 2. The van der Waals surface area contributed by atoms with Gasteiger partial charge in [0.15, 0.2) is 5.13 Å². The zero-order chi connectivity index (χ0) is 18.8. The molecular weight excluding hydrogens is 364 g/mol. The van der Waals surface area contributed by atoms with Crippen LogP contribution in [0.2, 0.25) is 0 Å². The van der Waals surface area contributed by atoms with Crippen molar-refractivity contribution < 1.29 is 23.1 Å². The maximum atomic E-state index is 13.7. The fraction of sp³-hybridized carbons (Fsp3) is 0.118. The number of anilines is 2. The summed E-state index contributed by atoms with van der Waals surface area (Å²) >= 11 is 1.08. The summed E-state index contributed by atoms with van der Waals surface area (Å²) < 4.78 is 32.8. The molecule has 0 unspecified atom stereocenters. The second kappa shape index (κ2) is 7.04. The van der Waals surface area contributed by atoms with Crippen molar-refractivity contribution in [3.63, 3.8) is 0 Å². The average molecular weight is 377 g/mol. The maximum Gasteiger partial charge on any atom is 0.257 e. The standard InChI is InChI=1S/C17H13F2N3O3S/c1-8(23)20-12-5-9(3-4-11(12)19)16(24)22-17-21-15-13(25-2)6-10(18)7-14(15)26-17/h3-7H,1-2H3,(H,20,23)(H,21,22,24). The molecule has 0 aliphatic carbocycles. The number of carbonyl (C=O) groups excluding carboxylic acids is 2. The van der Waals surface area contributed by atoms with Crippen LogP contribution in [-0.2, 0) is 4.79 Å². The summed E-state index contributed by atoms with van der Waals surface area (Å²) in [6.07, 6.45) is 0. The molecule has 26 heavy (non-hydrogen) atoms. The number of aromatic nitrogens is 1. The number of nitrogens with one attached hydrogen (secondary N) is 2. The normalized spacial score (nSPS) is 10.6. The van der Waals surface area contributed by atoms with E-state index in [1.54, 1.807) is 0 Å². The van der Waals surface area contributed by atoms with E-state index in [9.17, 15) is 18.4 Å². The third-order valence-electron chi connectivity index (χ3n) is 3.40. The Balaban J connectivity index is 1.88. The zero-order valence-electron chi connectivity index (χ0n) is 13.7. The second-order valence-electron chi connectivity index (χ2n) is 5.30. The van der Waals surface area contributed by atoms with E-state index in [0.29, 0.717) is 10.2 Å². The molecule has 1 heterocycles. The van der Waals surface area contributed by atoms with Crippen molar-refractivity contribution in [1.29, 1.82) is 0 Å². The Labute approximate surface area is 150 Å². The first-order chi connectivity index (χ1) is 12.4. The van der Waals surface area contributed by atoms with Gasteiger partial charge in [-0.2, -0.15) is 0 Å². The van der Waals surface area contributed by atoms with Crippen LogP contribution in [0.3, 0.4) is 0 Å². The van der Waals surface area contributed by atoms with Crippen molar-refractivity contribution in [2.75, 3.05) is 17.7 Å². The highest BCUT2D eigenvalue weighted by molar-refractivity contribution is 7.22. The van der Waals surface area contributed by atoms with Crippen LogP contribution in [0.15, 0.2) is 30.3 Å². The minimum Gasteiger partial charge on any atom is -0.494 e. The van der Waals surface area contributed by atoms with Crippen molar-refractivity contribution in [1.82, 2.24) is 4.98 Å². The molecule has 0 saturated heterocycles. The molecule has 0 fully saturated rings. The van der Waals surface area contributed by atoms with Crippen molar-refractivity contribution >= 4 is 44.2 Å². The van der Waals surface area contributed by atoms with E-state index in [1.807, 2.05) is 0 Å². The summed E-state index contributed by atoms with van der Waals surface area (Å²) in [5, 5.41) is 5.12. The number of hydrogen-bond donors (Lipinski definition) is 2. The van der Waals surface area contributed by atoms with E-state index >= 15 is 0 Å². The third kappa shape index (κ3) is 3.62. The quantitative estimate of drug-likeness (QED) is 0.725. The molecule has 0 aliphatic rings. The summed E-state index contributed by atoms with van der Waals surface area (Å²) in [7, 11) is 1.40. The Bertz CT molecular complexity index is 1020. The number of benzene rings is 2. The number of carbonyl (C=O) groups is 2. The first-order valence-electron chi connectivity index (χ1n) is 7.40. The topological polar surface area (TPSA) is 80.3 Å². The van der Waals surface area contributed by atoms with Crippen LogP contribution in [0.1, 0.15) is 17.3 Å². The highest BCUT2D eigenvalue weighted by atomic mass is 32.1. The lowest BCUT2D eigenvalue weighted by Crippen LogP contribution is -2.13. The van der Waals surface area contributed by atoms with Gasteiger partial charge in [-0.25, -0.2) is 13.8 Å². The van der Waals surface area contributed by atoms with Gasteiger partial charge in [-0.3, -0.25) is 14.9 Å². The highest BCUT2D eigenvalue weighted by Crippen LogP contribution is 2.33. The Hall–Kier alpha value is -3.07. The SMILES string of the molecule is COc1cc(F)cc2sc(NC(=O)c3ccc(F)c(NC(C)=O)c3)nc12. The summed E-state index contributed by atoms with van der Waals surface area (Å²) in [5.74, 6) is -1.88. The van der Waals surface area contributed by atoms with Crippen LogP contribution in [0.4, 0.5) is 19.6 Å². The molecule has 3 rings (SSSR count). The van der Waals surface area contributed by atoms with Gasteiger partial charge in [0.05, 0.1) is 17.5 Å². The number of methoxy groups -OCH3 is 1. The van der Waals surface area contributed by atoms with Crippen LogP contribution >= 0.6 is 11.3 Å². The number of nitrogens with zero attached hydrogens (tertiary/aromatic N) is 1. The van der Waals surface area contributed by atoms with Gasteiger partial charge in [-0.1, -0.05) is 11.3 Å². The number of halogens is 2. The summed E-state index contributed by atoms with van der Waals surface area (Å²) in [4.78, 5) is 27.7. The lowest BCUT2D eigenvalue weighted by molar-refractivity contribution is -0.114. The summed E-state index contributed by atoms with van der Waals surface area (Å²) in [5.41, 5.74) is 0.456. The molecule has 0 aliphatic heterocycles. The Kier molecular flexibility index (Phi) is 4.81. The molecule has 6 nitrogen and oxygen atoms in total. The molecule has 0 spiro atoms. The minimum absolute atomic E-state index is 0.0989. The third-order valence-corrected chi connectivity index (χ3v) is 4.32. The molecular formula is C17H13F2N3O3S. The molecule has 2 aromatic carbocycles. The van der Waals surface area contributed by atoms with Crippen LogP contribution in [0.25, 0.3) is 10.2 Å². The average Bonchev–Trinajstić information content (AvgIpc) is 2.97. The molecule has 3 aromatic rings. The van der Waals surface area contributed by atoms with Crippen LogP contribution in [0.5, 0.6) is 5.75 Å². The minimum atomic E-state index is -0.656. The van der Waals surface area contributed by atoms with E-state index < -0.39 is 23.4 Å². The highest BCUT2D eigenvalue weighted by Gasteiger charge is 2.15. The van der Waals surface area contributed by atoms with Gasteiger partial charge >= 0.3 is 0 Å². The largest absolute Gasteiger partial charge is 0.494 e. The zero-order valence-corrected chi connectivity index (χ0v) is 14.5. The summed E-state index contributed by atoms with van der Waals surface area (Å²) in [6.45, 7) is 1.24. The van der Waals surface area contributed by atoms with E-state index in [-0.39, 0.29) is 22.1 Å². The maximum absolute atomic E-state index is 13.7. The molecule has 2 N–H and O–H groups in total. The fourth-order valence-electron chi connectivity index (χ4n) is 2.30. The molecule has 0 atom stereocenters. The van der Waals surface area contributed by atoms with Gasteiger partial charge in [0.25, 0.3) is 5.91 Å².